The fourth-order valence-corrected chi connectivity index (χ4v) is 1.91. The van der Waals surface area contributed by atoms with Crippen LogP contribution in [-0.4, -0.2) is 60.7 Å². The topological polar surface area (TPSA) is 173 Å². The largest absolute Gasteiger partial charge is 0.761 e. The van der Waals surface area contributed by atoms with Gasteiger partial charge in [-0.2, -0.15) is 8.42 Å². The first-order valence-corrected chi connectivity index (χ1v) is 8.44. The van der Waals surface area contributed by atoms with Crippen LogP contribution in [0.3, 0.4) is 0 Å². The highest BCUT2D eigenvalue weighted by Gasteiger charge is 2.26. The summed E-state index contributed by atoms with van der Waals surface area (Å²) in [5.74, 6) is -0.566. The number of hydrogen-bond acceptors (Lipinski definition) is 6. The summed E-state index contributed by atoms with van der Waals surface area (Å²) in [6.45, 7) is 0. The zero-order chi connectivity index (χ0) is 12.7. The Bertz CT molecular complexity index is 274. The Morgan fingerprint density at radius 3 is 1.67 bits per heavy atom. The minimum absolute atomic E-state index is 0.158. The van der Waals surface area contributed by atoms with Crippen LogP contribution in [0.25, 0.3) is 0 Å². The lowest BCUT2D eigenvalue weighted by Crippen LogP contribution is -2.34. The summed E-state index contributed by atoms with van der Waals surface area (Å²) >= 11 is 0. The fourth-order valence-electron chi connectivity index (χ4n) is 0.492. The summed E-state index contributed by atoms with van der Waals surface area (Å²) in [4.78, 5) is 39.5. The van der Waals surface area contributed by atoms with E-state index >= 15 is 0 Å². The summed E-state index contributed by atoms with van der Waals surface area (Å²) in [6.07, 6.45) is -0.158. The molecule has 0 saturated heterocycles. The highest BCUT2D eigenvalue weighted by atomic mass is 32.2. The quantitative estimate of drug-likeness (QED) is 0.226. The molecule has 9 nitrogen and oxygen atoms in total. The third-order valence-corrected chi connectivity index (χ3v) is 2.74. The molecule has 15 heavy (non-hydrogen) atoms. The maximum Gasteiger partial charge on any atom is 0.761 e. The highest BCUT2D eigenvalue weighted by molar-refractivity contribution is 7.85. The van der Waals surface area contributed by atoms with Gasteiger partial charge in [-0.3, -0.25) is 9.01 Å². The molecule has 12 heteroatoms. The smallest absolute Gasteiger partial charge is 0.511 e. The van der Waals surface area contributed by atoms with Gasteiger partial charge in [0.15, 0.2) is 0 Å². The molecule has 0 rings (SSSR count). The molecule has 0 aromatic heterocycles. The lowest BCUT2D eigenvalue weighted by Gasteiger charge is -2.06. The van der Waals surface area contributed by atoms with E-state index in [1.54, 1.807) is 0 Å². The summed E-state index contributed by atoms with van der Waals surface area (Å²) < 4.78 is 37.0. The van der Waals surface area contributed by atoms with Crippen LogP contribution in [-0.2, 0) is 14.6 Å². The van der Waals surface area contributed by atoms with Crippen molar-refractivity contribution in [1.82, 2.24) is 0 Å². The van der Waals surface area contributed by atoms with Crippen LogP contribution in [0, 0.1) is 0 Å². The molecule has 0 spiro atoms. The molecule has 0 aromatic carbocycles. The minimum atomic E-state index is -4.13. The van der Waals surface area contributed by atoms with Gasteiger partial charge in [-0.25, -0.2) is 0 Å². The summed E-state index contributed by atoms with van der Waals surface area (Å²) in [5, 5.41) is 0. The molecule has 92 valence electrons. The molecule has 0 heterocycles. The second-order valence-electron chi connectivity index (χ2n) is 2.45. The molecule has 0 aliphatic carbocycles. The van der Waals surface area contributed by atoms with Crippen LogP contribution in [0.1, 0.15) is 6.42 Å². The van der Waals surface area contributed by atoms with Crippen LogP contribution in [0.2, 0.25) is 6.04 Å². The monoisotopic (exact) mass is 280 g/mol. The van der Waals surface area contributed by atoms with Crippen molar-refractivity contribution < 1.29 is 41.4 Å². The number of hydrogen-bond donors (Lipinski definition) is 6. The lowest BCUT2D eigenvalue weighted by molar-refractivity contribution is 0.227. The van der Waals surface area contributed by atoms with Gasteiger partial charge in [0, 0.05) is 6.04 Å². The van der Waals surface area contributed by atoms with Gasteiger partial charge in [0.25, 0.3) is 10.1 Å². The van der Waals surface area contributed by atoms with Crippen molar-refractivity contribution in [2.45, 2.75) is 12.5 Å². The van der Waals surface area contributed by atoms with E-state index in [0.29, 0.717) is 0 Å². The van der Waals surface area contributed by atoms with Gasteiger partial charge >= 0.3 is 18.0 Å². The predicted octanol–water partition coefficient (Wildman–Crippen LogP) is -3.43. The van der Waals surface area contributed by atoms with E-state index in [0.717, 1.165) is 0 Å². The third kappa shape index (κ3) is 31.7. The standard InChI is InChI=1S/C3H10O6SSi.H2O3Si/c4-10(5,6)2-1-3-11(7,8)9;1-4(2)3/h7-9H,1-3H2,(H,4,5,6);1-2H. The van der Waals surface area contributed by atoms with Gasteiger partial charge in [0.05, 0.1) is 5.75 Å². The van der Waals surface area contributed by atoms with Crippen LogP contribution in [0.4, 0.5) is 0 Å². The maximum atomic E-state index is 10.0. The van der Waals surface area contributed by atoms with Crippen LogP contribution >= 0.6 is 0 Å². The predicted molar refractivity (Wildman–Crippen MR) is 49.1 cm³/mol. The molecule has 0 bridgehead atoms. The van der Waals surface area contributed by atoms with Crippen molar-refractivity contribution >= 4 is 28.1 Å². The van der Waals surface area contributed by atoms with Crippen molar-refractivity contribution in [3.63, 3.8) is 0 Å². The average Bonchev–Trinajstić information content (AvgIpc) is 1.77. The fraction of sp³-hybridized carbons (Fsp3) is 1.00. The van der Waals surface area contributed by atoms with Gasteiger partial charge in [-0.05, 0) is 6.42 Å². The van der Waals surface area contributed by atoms with Gasteiger partial charge < -0.3 is 24.0 Å². The second-order valence-corrected chi connectivity index (χ2v) is 6.63. The Hall–Kier alpha value is -0.376. The first kappa shape index (κ1) is 17.0. The van der Waals surface area contributed by atoms with Crippen LogP contribution in [0.5, 0.6) is 0 Å². The van der Waals surface area contributed by atoms with Crippen molar-refractivity contribution in [2.24, 2.45) is 0 Å². The van der Waals surface area contributed by atoms with E-state index in [9.17, 15) is 8.42 Å². The SMILES string of the molecule is O=S(=O)(O)CCC[Si](O)(O)O.O=[Si](O)O. The van der Waals surface area contributed by atoms with E-state index in [2.05, 4.69) is 0 Å². The maximum absolute atomic E-state index is 10.0. The summed E-state index contributed by atoms with van der Waals surface area (Å²) in [7, 11) is -11.3. The minimum Gasteiger partial charge on any atom is -0.511 e. The molecule has 0 aromatic rings. The van der Waals surface area contributed by atoms with E-state index in [1.807, 2.05) is 0 Å². The zero-order valence-corrected chi connectivity index (χ0v) is 10.3. The zero-order valence-electron chi connectivity index (χ0n) is 7.44. The Balaban J connectivity index is 0. The first-order chi connectivity index (χ1) is 6.44. The van der Waals surface area contributed by atoms with Crippen molar-refractivity contribution in [1.29, 1.82) is 0 Å². The molecule has 0 aliphatic heterocycles. The molecule has 0 saturated carbocycles. The Kier molecular flexibility index (Phi) is 7.94. The molecule has 0 fully saturated rings. The van der Waals surface area contributed by atoms with Crippen LogP contribution < -0.4 is 0 Å². The molecule has 0 aliphatic rings. The highest BCUT2D eigenvalue weighted by Crippen LogP contribution is 2.02. The Morgan fingerprint density at radius 2 is 1.47 bits per heavy atom. The van der Waals surface area contributed by atoms with Gasteiger partial charge in [-0.1, -0.05) is 0 Å². The lowest BCUT2D eigenvalue weighted by atomic mass is 10.6. The third-order valence-electron chi connectivity index (χ3n) is 0.914. The van der Waals surface area contributed by atoms with E-state index in [1.165, 1.54) is 0 Å². The Labute approximate surface area is 88.3 Å². The summed E-state index contributed by atoms with van der Waals surface area (Å²) in [6, 6.07) is -0.382. The molecule has 0 atom stereocenters. The molecular weight excluding hydrogens is 268 g/mol. The van der Waals surface area contributed by atoms with Crippen LogP contribution in [0.15, 0.2) is 0 Å². The van der Waals surface area contributed by atoms with E-state index < -0.39 is 33.8 Å². The van der Waals surface area contributed by atoms with Gasteiger partial charge in [0.2, 0.25) is 0 Å². The van der Waals surface area contributed by atoms with Gasteiger partial charge in [-0.15, -0.1) is 0 Å². The molecule has 0 amide bonds. The Morgan fingerprint density at radius 1 is 1.13 bits per heavy atom. The van der Waals surface area contributed by atoms with Gasteiger partial charge in [0.1, 0.15) is 0 Å². The second kappa shape index (κ2) is 6.99. The van der Waals surface area contributed by atoms with E-state index in [-0.39, 0.29) is 12.5 Å². The van der Waals surface area contributed by atoms with Crippen molar-refractivity contribution in [2.75, 3.05) is 5.75 Å². The van der Waals surface area contributed by atoms with Crippen molar-refractivity contribution in [3.05, 3.63) is 0 Å². The molecular formula is C3H12O9SSi2. The molecule has 0 unspecified atom stereocenters. The average molecular weight is 280 g/mol. The van der Waals surface area contributed by atoms with E-state index in [4.69, 9.17) is 33.0 Å². The molecule has 6 N–H and O–H groups in total. The molecule has 0 radical (unpaired) electrons. The number of rotatable bonds is 4. The normalized spacial score (nSPS) is 11.5. The first-order valence-electron chi connectivity index (χ1n) is 3.48. The summed E-state index contributed by atoms with van der Waals surface area (Å²) in [5.41, 5.74) is 0. The van der Waals surface area contributed by atoms with Crippen molar-refractivity contribution in [3.8, 4) is 0 Å².